The molecule has 1 N–H and O–H groups in total. The van der Waals surface area contributed by atoms with E-state index in [0.717, 1.165) is 36.1 Å². The van der Waals surface area contributed by atoms with Crippen LogP contribution in [0.15, 0.2) is 69.1 Å². The topological polar surface area (TPSA) is 83.2 Å². The quantitative estimate of drug-likeness (QED) is 0.127. The summed E-state index contributed by atoms with van der Waals surface area (Å²) >= 11 is 1.28. The van der Waals surface area contributed by atoms with Crippen LogP contribution in [-0.2, 0) is 10.7 Å². The molecule has 2 amide bonds. The number of hydrogen-bond donors (Lipinski definition) is 1. The van der Waals surface area contributed by atoms with Crippen molar-refractivity contribution in [2.24, 2.45) is 15.0 Å². The molecule has 0 bridgehead atoms. The van der Waals surface area contributed by atoms with Gasteiger partial charge >= 0.3 is 18.1 Å². The van der Waals surface area contributed by atoms with E-state index >= 15 is 0 Å². The van der Waals surface area contributed by atoms with E-state index in [9.17, 15) is 31.5 Å². The second kappa shape index (κ2) is 28.1. The van der Waals surface area contributed by atoms with Crippen LogP contribution in [0.25, 0.3) is 0 Å². The van der Waals surface area contributed by atoms with Gasteiger partial charge in [0.1, 0.15) is 5.78 Å². The van der Waals surface area contributed by atoms with Crippen molar-refractivity contribution in [3.8, 4) is 0 Å². The molecule has 2 aromatic carbocycles. The second-order valence-corrected chi connectivity index (χ2v) is 11.4. The average Bonchev–Trinajstić information content (AvgIpc) is 3.08. The van der Waals surface area contributed by atoms with Gasteiger partial charge in [-0.05, 0) is 71.7 Å². The highest BCUT2D eigenvalue weighted by Gasteiger charge is 2.58. The maximum atomic E-state index is 12.7. The third-order valence-corrected chi connectivity index (χ3v) is 6.99. The zero-order valence-corrected chi connectivity index (χ0v) is 32.8. The molecule has 0 fully saturated rings. The Balaban J connectivity index is -0.000000796. The van der Waals surface area contributed by atoms with Gasteiger partial charge in [0, 0.05) is 36.5 Å². The van der Waals surface area contributed by atoms with E-state index in [1.165, 1.54) is 29.5 Å². The molecule has 282 valence electrons. The molecule has 0 saturated carbocycles. The van der Waals surface area contributed by atoms with Crippen LogP contribution >= 0.6 is 11.8 Å². The van der Waals surface area contributed by atoms with Crippen LogP contribution in [0, 0.1) is 13.8 Å². The van der Waals surface area contributed by atoms with Crippen molar-refractivity contribution in [3.05, 3.63) is 76.4 Å². The molecule has 6 nitrogen and oxygen atoms in total. The number of Topliss-reactive ketones (excluding diaryl/α,β-unsaturated/α-hetero) is 1. The van der Waals surface area contributed by atoms with E-state index in [2.05, 4.69) is 47.1 Å². The van der Waals surface area contributed by atoms with Gasteiger partial charge in [0.2, 0.25) is 0 Å². The number of allylic oxidation sites excluding steroid dienone is 2. The summed E-state index contributed by atoms with van der Waals surface area (Å²) in [6.07, 6.45) is 0.846. The number of carbonyl (C=O) groups is 2. The number of unbranched alkanes of at least 4 members (excludes halogenated alkanes) is 1. The number of alkyl halides is 5. The molecule has 0 heterocycles. The fraction of sp³-hybridized carbons (Fsp3) is 0.500. The van der Waals surface area contributed by atoms with Crippen LogP contribution in [0.1, 0.15) is 111 Å². The Kier molecular flexibility index (Phi) is 28.5. The summed E-state index contributed by atoms with van der Waals surface area (Å²) in [4.78, 5) is 36.0. The Hall–Kier alpha value is -3.67. The predicted octanol–water partition coefficient (Wildman–Crippen LogP) is 12.6. The minimum Gasteiger partial charge on any atom is -0.306 e. The number of hydrogen-bond acceptors (Lipinski definition) is 4. The molecule has 2 rings (SSSR count). The number of benzene rings is 2. The van der Waals surface area contributed by atoms with Crippen LogP contribution in [0.2, 0.25) is 0 Å². The van der Waals surface area contributed by atoms with Crippen molar-refractivity contribution in [1.29, 1.82) is 0 Å². The molecule has 0 saturated heterocycles. The van der Waals surface area contributed by atoms with Crippen molar-refractivity contribution in [1.82, 2.24) is 0 Å². The highest BCUT2D eigenvalue weighted by molar-refractivity contribution is 8.14. The number of halogens is 5. The summed E-state index contributed by atoms with van der Waals surface area (Å²) in [6, 6.07) is 9.17. The van der Waals surface area contributed by atoms with E-state index in [0.29, 0.717) is 34.3 Å². The van der Waals surface area contributed by atoms with Gasteiger partial charge in [-0.25, -0.2) is 9.79 Å². The Morgan fingerprint density at radius 1 is 0.900 bits per heavy atom. The van der Waals surface area contributed by atoms with Crippen molar-refractivity contribution in [3.63, 3.8) is 0 Å². The number of ketones is 1. The standard InChI is InChI=1S/C20H28N4O2S.C9H7F5.C5H10.2C2H6/c1-6-8-11-22-19(21-5)16-9-10-18(14(3)12-16)24-20(26)23-15(4)27-13-17(25)7-2;1-6-2-4-7(5-3-6)8(10,11)9(12,13)14;1-4-5(2)3;2*1-2/h9-12H,6-8,13H2,1-5H3,(H,24,26);2-5H,1H3;4H,1-3H3;2*1-2H3/b21-19?,22-11?,23-15-;;;;. The first-order valence-electron chi connectivity index (χ1n) is 16.7. The molecule has 0 radical (unpaired) electrons. The molecule has 0 aromatic heterocycles. The van der Waals surface area contributed by atoms with Crippen LogP contribution < -0.4 is 5.32 Å². The third kappa shape index (κ3) is 21.4. The lowest BCUT2D eigenvalue weighted by atomic mass is 10.1. The summed E-state index contributed by atoms with van der Waals surface area (Å²) in [5.41, 5.74) is 3.46. The first-order chi connectivity index (χ1) is 23.4. The molecule has 12 heteroatoms. The fourth-order valence-corrected chi connectivity index (χ4v) is 3.74. The Bertz CT molecular complexity index is 1380. The summed E-state index contributed by atoms with van der Waals surface area (Å²) in [5, 5.41) is 3.34. The van der Waals surface area contributed by atoms with E-state index in [4.69, 9.17) is 0 Å². The van der Waals surface area contributed by atoms with Gasteiger partial charge in [0.25, 0.3) is 0 Å². The SMILES string of the molecule is CC.CC.CC=C(C)C.CCCC=NC(=NC)c1ccc(NC(=O)/N=C(/C)SCC(=O)CC)c(C)c1.Cc1ccc(C(F)(F)C(F)(F)F)cc1. The van der Waals surface area contributed by atoms with E-state index in [1.54, 1.807) is 20.9 Å². The van der Waals surface area contributed by atoms with Crippen molar-refractivity contribution in [2.75, 3.05) is 18.1 Å². The van der Waals surface area contributed by atoms with Crippen LogP contribution in [0.5, 0.6) is 0 Å². The first-order valence-corrected chi connectivity index (χ1v) is 17.6. The molecule has 0 spiro atoms. The number of amidine groups is 1. The normalized spacial score (nSPS) is 11.3. The maximum Gasteiger partial charge on any atom is 0.458 e. The Morgan fingerprint density at radius 3 is 1.86 bits per heavy atom. The number of thioether (sulfide) groups is 1. The van der Waals surface area contributed by atoms with E-state index in [1.807, 2.05) is 72.9 Å². The van der Waals surface area contributed by atoms with Crippen LogP contribution in [-0.4, -0.2) is 47.9 Å². The van der Waals surface area contributed by atoms with Crippen molar-refractivity contribution in [2.45, 2.75) is 114 Å². The number of anilines is 1. The molecule has 50 heavy (non-hydrogen) atoms. The molecule has 0 unspecified atom stereocenters. The first kappa shape index (κ1) is 50.7. The number of nitrogens with zero attached hydrogens (tertiary/aromatic N) is 3. The average molecular weight is 729 g/mol. The summed E-state index contributed by atoms with van der Waals surface area (Å²) < 4.78 is 60.9. The largest absolute Gasteiger partial charge is 0.458 e. The third-order valence-electron chi connectivity index (χ3n) is 6.01. The Morgan fingerprint density at radius 2 is 1.44 bits per heavy atom. The Labute approximate surface area is 301 Å². The van der Waals surface area contributed by atoms with Gasteiger partial charge in [-0.15, -0.1) is 11.8 Å². The lowest BCUT2D eigenvalue weighted by Gasteiger charge is -2.19. The van der Waals surface area contributed by atoms with Crippen LogP contribution in [0.3, 0.4) is 0 Å². The molecule has 0 aliphatic carbocycles. The number of aryl methyl sites for hydroxylation is 2. The number of aliphatic imine (C=N–C) groups is 3. The van der Waals surface area contributed by atoms with Gasteiger partial charge in [-0.2, -0.15) is 26.9 Å². The van der Waals surface area contributed by atoms with Gasteiger partial charge in [0.15, 0.2) is 5.84 Å². The molecule has 0 aliphatic heterocycles. The van der Waals surface area contributed by atoms with E-state index in [-0.39, 0.29) is 5.78 Å². The number of carbonyl (C=O) groups excluding carboxylic acids is 2. The minimum atomic E-state index is -5.54. The lowest BCUT2D eigenvalue weighted by molar-refractivity contribution is -0.289. The monoisotopic (exact) mass is 728 g/mol. The number of urea groups is 1. The maximum absolute atomic E-state index is 12.7. The molecule has 0 atom stereocenters. The number of amides is 2. The molecule has 0 aliphatic rings. The van der Waals surface area contributed by atoms with E-state index < -0.39 is 23.7 Å². The van der Waals surface area contributed by atoms with Gasteiger partial charge in [0.05, 0.1) is 10.8 Å². The summed E-state index contributed by atoms with van der Waals surface area (Å²) in [7, 11) is 1.71. The van der Waals surface area contributed by atoms with Crippen molar-refractivity contribution < 1.29 is 31.5 Å². The van der Waals surface area contributed by atoms with Gasteiger partial charge < -0.3 is 5.32 Å². The molecule has 2 aromatic rings. The van der Waals surface area contributed by atoms with Gasteiger partial charge in [-0.1, -0.05) is 89.4 Å². The minimum absolute atomic E-state index is 0.136. The molecular weight excluding hydrogens is 672 g/mol. The smallest absolute Gasteiger partial charge is 0.306 e. The highest BCUT2D eigenvalue weighted by atomic mass is 32.2. The molecular formula is C38H57F5N4O2S. The van der Waals surface area contributed by atoms with Gasteiger partial charge in [-0.3, -0.25) is 9.79 Å². The highest BCUT2D eigenvalue weighted by Crippen LogP contribution is 2.43. The van der Waals surface area contributed by atoms with Crippen molar-refractivity contribution >= 4 is 46.4 Å². The van der Waals surface area contributed by atoms with Crippen LogP contribution in [0.4, 0.5) is 32.4 Å². The summed E-state index contributed by atoms with van der Waals surface area (Å²) in [6.45, 7) is 23.4. The summed E-state index contributed by atoms with van der Waals surface area (Å²) in [5.74, 6) is -3.64. The predicted molar refractivity (Wildman–Crippen MR) is 206 cm³/mol. The second-order valence-electron chi connectivity index (χ2n) is 10.2. The number of nitrogens with one attached hydrogen (secondary N) is 1. The lowest BCUT2D eigenvalue weighted by Crippen LogP contribution is -2.33. The zero-order valence-electron chi connectivity index (χ0n) is 32.0. The fourth-order valence-electron chi connectivity index (χ4n) is 3.02. The zero-order chi connectivity index (χ0) is 39.5. The number of rotatable bonds is 8.